The van der Waals surface area contributed by atoms with Crippen molar-refractivity contribution in [1.82, 2.24) is 0 Å². The summed E-state index contributed by atoms with van der Waals surface area (Å²) in [5.41, 5.74) is 0.653. The molecule has 0 saturated heterocycles. The normalized spacial score (nSPS) is 13.3. The minimum absolute atomic E-state index is 0.0266. The maximum Gasteiger partial charge on any atom is 0.387 e. The van der Waals surface area contributed by atoms with E-state index in [0.717, 1.165) is 0 Å². The Morgan fingerprint density at radius 1 is 1.26 bits per heavy atom. The van der Waals surface area contributed by atoms with Crippen LogP contribution in [0, 0.1) is 0 Å². The molecule has 1 unspecified atom stereocenters. The highest BCUT2D eigenvalue weighted by molar-refractivity contribution is 7.91. The molecule has 0 aliphatic rings. The van der Waals surface area contributed by atoms with Gasteiger partial charge in [0.15, 0.2) is 9.84 Å². The molecule has 19 heavy (non-hydrogen) atoms. The van der Waals surface area contributed by atoms with Gasteiger partial charge in [0.05, 0.1) is 5.75 Å². The van der Waals surface area contributed by atoms with Gasteiger partial charge in [-0.1, -0.05) is 6.92 Å². The highest BCUT2D eigenvalue weighted by Crippen LogP contribution is 2.18. The monoisotopic (exact) mass is 293 g/mol. The average Bonchev–Trinajstić information content (AvgIpc) is 2.30. The summed E-state index contributed by atoms with van der Waals surface area (Å²) in [4.78, 5) is 0. The van der Waals surface area contributed by atoms with Gasteiger partial charge in [-0.15, -0.1) is 0 Å². The molecule has 0 aliphatic carbocycles. The molecule has 1 atom stereocenters. The molecular formula is C12H17F2NO3S. The van der Waals surface area contributed by atoms with Crippen molar-refractivity contribution in [1.29, 1.82) is 0 Å². The van der Waals surface area contributed by atoms with Crippen LogP contribution in [0.3, 0.4) is 0 Å². The van der Waals surface area contributed by atoms with Crippen LogP contribution < -0.4 is 10.1 Å². The fraction of sp³-hybridized carbons (Fsp3) is 0.500. The topological polar surface area (TPSA) is 55.4 Å². The molecule has 1 N–H and O–H groups in total. The maximum absolute atomic E-state index is 12.0. The van der Waals surface area contributed by atoms with Crippen molar-refractivity contribution >= 4 is 15.5 Å². The molecule has 0 bridgehead atoms. The summed E-state index contributed by atoms with van der Waals surface area (Å²) in [5, 5.41) is 2.99. The van der Waals surface area contributed by atoms with Crippen molar-refractivity contribution in [2.75, 3.05) is 16.8 Å². The maximum atomic E-state index is 12.0. The van der Waals surface area contributed by atoms with Crippen LogP contribution in [-0.2, 0) is 9.84 Å². The highest BCUT2D eigenvalue weighted by atomic mass is 32.2. The largest absolute Gasteiger partial charge is 0.435 e. The van der Waals surface area contributed by atoms with Crippen molar-refractivity contribution < 1.29 is 21.9 Å². The van der Waals surface area contributed by atoms with Gasteiger partial charge in [-0.3, -0.25) is 0 Å². The SMILES string of the molecule is CCS(=O)(=O)CC(C)Nc1ccc(OC(F)F)cc1. The van der Waals surface area contributed by atoms with E-state index in [4.69, 9.17) is 0 Å². The quantitative estimate of drug-likeness (QED) is 0.839. The smallest absolute Gasteiger partial charge is 0.387 e. The fourth-order valence-corrected chi connectivity index (χ4v) is 2.64. The summed E-state index contributed by atoms with van der Waals surface area (Å²) in [7, 11) is -3.05. The molecule has 0 aliphatic heterocycles. The lowest BCUT2D eigenvalue weighted by molar-refractivity contribution is -0.0498. The third-order valence-electron chi connectivity index (χ3n) is 2.44. The minimum Gasteiger partial charge on any atom is -0.435 e. The lowest BCUT2D eigenvalue weighted by Gasteiger charge is -2.15. The molecule has 0 heterocycles. The second-order valence-corrected chi connectivity index (χ2v) is 6.55. The Kier molecular flexibility index (Phi) is 5.53. The predicted molar refractivity (Wildman–Crippen MR) is 70.5 cm³/mol. The Morgan fingerprint density at radius 2 is 1.84 bits per heavy atom. The number of hydrogen-bond acceptors (Lipinski definition) is 4. The minimum atomic E-state index is -3.05. The Morgan fingerprint density at radius 3 is 2.32 bits per heavy atom. The van der Waals surface area contributed by atoms with Crippen LogP contribution in [0.2, 0.25) is 0 Å². The van der Waals surface area contributed by atoms with E-state index in [2.05, 4.69) is 10.1 Å². The van der Waals surface area contributed by atoms with E-state index >= 15 is 0 Å². The molecule has 1 rings (SSSR count). The number of benzene rings is 1. The number of sulfone groups is 1. The third-order valence-corrected chi connectivity index (χ3v) is 4.32. The average molecular weight is 293 g/mol. The second kappa shape index (κ2) is 6.70. The van der Waals surface area contributed by atoms with E-state index in [1.54, 1.807) is 26.0 Å². The number of nitrogens with one attached hydrogen (secondary N) is 1. The summed E-state index contributed by atoms with van der Waals surface area (Å²) in [6.45, 7) is 0.488. The van der Waals surface area contributed by atoms with E-state index in [-0.39, 0.29) is 23.3 Å². The first kappa shape index (κ1) is 15.7. The Bertz CT molecular complexity index is 488. The van der Waals surface area contributed by atoms with E-state index in [1.807, 2.05) is 0 Å². The number of anilines is 1. The zero-order chi connectivity index (χ0) is 14.5. The van der Waals surface area contributed by atoms with E-state index in [0.29, 0.717) is 5.69 Å². The summed E-state index contributed by atoms with van der Waals surface area (Å²) < 4.78 is 51.0. The lowest BCUT2D eigenvalue weighted by atomic mass is 10.2. The number of hydrogen-bond donors (Lipinski definition) is 1. The van der Waals surface area contributed by atoms with Crippen molar-refractivity contribution in [2.24, 2.45) is 0 Å². The standard InChI is InChI=1S/C12H17F2NO3S/c1-3-19(16,17)8-9(2)15-10-4-6-11(7-5-10)18-12(13)14/h4-7,9,12,15H,3,8H2,1-2H3. The Hall–Kier alpha value is -1.37. The van der Waals surface area contributed by atoms with Crippen LogP contribution in [0.4, 0.5) is 14.5 Å². The third kappa shape index (κ3) is 5.87. The molecule has 7 heteroatoms. The van der Waals surface area contributed by atoms with Crippen LogP contribution in [0.25, 0.3) is 0 Å². The molecule has 4 nitrogen and oxygen atoms in total. The number of ether oxygens (including phenoxy) is 1. The second-order valence-electron chi connectivity index (χ2n) is 4.15. The van der Waals surface area contributed by atoms with Gasteiger partial charge in [0.2, 0.25) is 0 Å². The van der Waals surface area contributed by atoms with E-state index in [9.17, 15) is 17.2 Å². The Labute approximate surface area is 111 Å². The van der Waals surface area contributed by atoms with Crippen LogP contribution in [0.15, 0.2) is 24.3 Å². The van der Waals surface area contributed by atoms with Crippen LogP contribution in [-0.4, -0.2) is 32.6 Å². The molecule has 1 aromatic carbocycles. The molecule has 108 valence electrons. The number of rotatable bonds is 7. The number of halogens is 2. The fourth-order valence-electron chi connectivity index (χ4n) is 1.56. The molecular weight excluding hydrogens is 276 g/mol. The van der Waals surface area contributed by atoms with Crippen LogP contribution in [0.5, 0.6) is 5.75 Å². The molecule has 0 amide bonds. The van der Waals surface area contributed by atoms with E-state index in [1.165, 1.54) is 12.1 Å². The molecule has 0 radical (unpaired) electrons. The highest BCUT2D eigenvalue weighted by Gasteiger charge is 2.13. The van der Waals surface area contributed by atoms with Crippen molar-refractivity contribution in [3.05, 3.63) is 24.3 Å². The van der Waals surface area contributed by atoms with Gasteiger partial charge >= 0.3 is 6.61 Å². The first-order valence-corrected chi connectivity index (χ1v) is 7.66. The molecule has 0 aromatic heterocycles. The summed E-state index contributed by atoms with van der Waals surface area (Å²) in [6, 6.07) is 5.66. The molecule has 0 saturated carbocycles. The zero-order valence-corrected chi connectivity index (χ0v) is 11.6. The zero-order valence-electron chi connectivity index (χ0n) is 10.8. The van der Waals surface area contributed by atoms with Crippen LogP contribution in [0.1, 0.15) is 13.8 Å². The lowest BCUT2D eigenvalue weighted by Crippen LogP contribution is -2.26. The summed E-state index contributed by atoms with van der Waals surface area (Å²) in [6.07, 6.45) is 0. The summed E-state index contributed by atoms with van der Waals surface area (Å²) in [5.74, 6) is 0.188. The van der Waals surface area contributed by atoms with Crippen LogP contribution >= 0.6 is 0 Å². The predicted octanol–water partition coefficient (Wildman–Crippen LogP) is 2.52. The van der Waals surface area contributed by atoms with Gasteiger partial charge in [0.1, 0.15) is 5.75 Å². The van der Waals surface area contributed by atoms with Gasteiger partial charge in [0.25, 0.3) is 0 Å². The number of alkyl halides is 2. The van der Waals surface area contributed by atoms with Gasteiger partial charge in [-0.2, -0.15) is 8.78 Å². The summed E-state index contributed by atoms with van der Waals surface area (Å²) >= 11 is 0. The van der Waals surface area contributed by atoms with Gasteiger partial charge in [-0.05, 0) is 31.2 Å². The van der Waals surface area contributed by atoms with Crippen molar-refractivity contribution in [2.45, 2.75) is 26.5 Å². The molecule has 0 fully saturated rings. The van der Waals surface area contributed by atoms with Crippen molar-refractivity contribution in [3.63, 3.8) is 0 Å². The molecule has 0 spiro atoms. The first-order chi connectivity index (χ1) is 8.82. The Balaban J connectivity index is 2.58. The van der Waals surface area contributed by atoms with E-state index < -0.39 is 16.4 Å². The molecule has 1 aromatic rings. The van der Waals surface area contributed by atoms with Gasteiger partial charge < -0.3 is 10.1 Å². The van der Waals surface area contributed by atoms with Gasteiger partial charge in [-0.25, -0.2) is 8.42 Å². The first-order valence-electron chi connectivity index (χ1n) is 5.84. The van der Waals surface area contributed by atoms with Gasteiger partial charge in [0, 0.05) is 17.5 Å². The van der Waals surface area contributed by atoms with Crippen molar-refractivity contribution in [3.8, 4) is 5.75 Å².